The second kappa shape index (κ2) is 8.50. The summed E-state index contributed by atoms with van der Waals surface area (Å²) in [5, 5.41) is 0. The molecule has 0 spiro atoms. The summed E-state index contributed by atoms with van der Waals surface area (Å²) in [6.07, 6.45) is 4.11. The van der Waals surface area contributed by atoms with Crippen LogP contribution < -0.4 is 0 Å². The lowest BCUT2D eigenvalue weighted by Gasteiger charge is -2.39. The quantitative estimate of drug-likeness (QED) is 0.786. The highest BCUT2D eigenvalue weighted by molar-refractivity contribution is 7.89. The number of hydrogen-bond donors (Lipinski definition) is 0. The smallest absolute Gasteiger partial charge is 0.243 e. The number of hydrogen-bond acceptors (Lipinski definition) is 4. The maximum Gasteiger partial charge on any atom is 0.243 e. The lowest BCUT2D eigenvalue weighted by atomic mass is 10.0. The van der Waals surface area contributed by atoms with E-state index in [1.165, 1.54) is 4.31 Å². The molecule has 0 radical (unpaired) electrons. The molecule has 1 amide bonds. The number of benzene rings is 1. The Balaban J connectivity index is 1.74. The van der Waals surface area contributed by atoms with Crippen LogP contribution in [0.4, 0.5) is 0 Å². The number of sulfonamides is 1. The molecule has 0 aliphatic carbocycles. The Morgan fingerprint density at radius 3 is 2.42 bits per heavy atom. The van der Waals surface area contributed by atoms with E-state index in [0.29, 0.717) is 32.7 Å². The van der Waals surface area contributed by atoms with Gasteiger partial charge in [-0.05, 0) is 44.7 Å². The molecule has 2 saturated heterocycles. The zero-order chi connectivity index (χ0) is 18.6. The number of carbonyl (C=O) groups excluding carboxylic acids is 1. The maximum absolute atomic E-state index is 13.1. The van der Waals surface area contributed by atoms with Gasteiger partial charge in [0.1, 0.15) is 6.04 Å². The zero-order valence-electron chi connectivity index (χ0n) is 15.3. The van der Waals surface area contributed by atoms with Crippen molar-refractivity contribution in [3.8, 4) is 0 Å². The predicted molar refractivity (Wildman–Crippen MR) is 99.2 cm³/mol. The molecule has 3 rings (SSSR count). The summed E-state index contributed by atoms with van der Waals surface area (Å²) >= 11 is 0. The monoisotopic (exact) mass is 380 g/mol. The van der Waals surface area contributed by atoms with E-state index < -0.39 is 16.1 Å². The number of likely N-dealkylation sites (tertiary alicyclic amines) is 1. The Kier molecular flexibility index (Phi) is 6.32. The molecule has 2 heterocycles. The van der Waals surface area contributed by atoms with E-state index in [0.717, 1.165) is 25.7 Å². The van der Waals surface area contributed by atoms with Crippen LogP contribution in [-0.4, -0.2) is 61.9 Å². The Hall–Kier alpha value is -1.44. The van der Waals surface area contributed by atoms with Crippen molar-refractivity contribution in [1.82, 2.24) is 9.21 Å². The fourth-order valence-electron chi connectivity index (χ4n) is 3.86. The van der Waals surface area contributed by atoms with Gasteiger partial charge in [-0.1, -0.05) is 24.6 Å². The molecule has 0 N–H and O–H groups in total. The molecule has 7 heteroatoms. The Morgan fingerprint density at radius 1 is 1.08 bits per heavy atom. The van der Waals surface area contributed by atoms with E-state index >= 15 is 0 Å². The highest BCUT2D eigenvalue weighted by atomic mass is 32.2. The van der Waals surface area contributed by atoms with Crippen LogP contribution in [0.1, 0.15) is 39.0 Å². The third kappa shape index (κ3) is 4.10. The van der Waals surface area contributed by atoms with Gasteiger partial charge in [0.05, 0.1) is 11.0 Å². The third-order valence-electron chi connectivity index (χ3n) is 5.24. The molecule has 2 aliphatic heterocycles. The molecule has 2 aliphatic rings. The van der Waals surface area contributed by atoms with Crippen molar-refractivity contribution in [2.75, 3.05) is 26.2 Å². The van der Waals surface area contributed by atoms with Gasteiger partial charge in [-0.25, -0.2) is 8.42 Å². The number of amides is 1. The lowest BCUT2D eigenvalue weighted by molar-refractivity contribution is -0.138. The van der Waals surface area contributed by atoms with Crippen LogP contribution in [0, 0.1) is 0 Å². The summed E-state index contributed by atoms with van der Waals surface area (Å²) in [6, 6.07) is 7.83. The summed E-state index contributed by atoms with van der Waals surface area (Å²) < 4.78 is 33.2. The normalized spacial score (nSPS) is 23.1. The SMILES string of the molecule is CCOC1CCN(C(=O)C2CCCCN2S(=O)(=O)c2ccccc2)CC1. The molecular formula is C19H28N2O4S. The number of carbonyl (C=O) groups is 1. The maximum atomic E-state index is 13.1. The first kappa shape index (κ1) is 19.3. The average Bonchev–Trinajstić information content (AvgIpc) is 2.69. The molecule has 1 atom stereocenters. The summed E-state index contributed by atoms with van der Waals surface area (Å²) in [7, 11) is -3.65. The summed E-state index contributed by atoms with van der Waals surface area (Å²) in [5.41, 5.74) is 0. The van der Waals surface area contributed by atoms with Crippen LogP contribution in [0.25, 0.3) is 0 Å². The molecule has 6 nitrogen and oxygen atoms in total. The van der Waals surface area contributed by atoms with Gasteiger partial charge in [0.15, 0.2) is 0 Å². The number of nitrogens with zero attached hydrogens (tertiary/aromatic N) is 2. The third-order valence-corrected chi connectivity index (χ3v) is 7.17. The fraction of sp³-hybridized carbons (Fsp3) is 0.632. The molecule has 0 saturated carbocycles. The molecular weight excluding hydrogens is 352 g/mol. The Labute approximate surface area is 156 Å². The van der Waals surface area contributed by atoms with Gasteiger partial charge in [-0.3, -0.25) is 4.79 Å². The van der Waals surface area contributed by atoms with Crippen LogP contribution in [0.2, 0.25) is 0 Å². The van der Waals surface area contributed by atoms with Crippen molar-refractivity contribution in [3.05, 3.63) is 30.3 Å². The van der Waals surface area contributed by atoms with Crippen molar-refractivity contribution < 1.29 is 17.9 Å². The minimum Gasteiger partial charge on any atom is -0.378 e. The standard InChI is InChI=1S/C19H28N2O4S/c1-2-25-16-11-14-20(15-12-16)19(22)18-10-6-7-13-21(18)26(23,24)17-8-4-3-5-9-17/h3-5,8-9,16,18H,2,6-7,10-15H2,1H3. The van der Waals surface area contributed by atoms with E-state index in [1.807, 2.05) is 11.8 Å². The van der Waals surface area contributed by atoms with Crippen molar-refractivity contribution in [3.63, 3.8) is 0 Å². The number of rotatable bonds is 5. The van der Waals surface area contributed by atoms with Crippen LogP contribution in [0.3, 0.4) is 0 Å². The van der Waals surface area contributed by atoms with Gasteiger partial charge in [0.25, 0.3) is 0 Å². The van der Waals surface area contributed by atoms with Crippen molar-refractivity contribution in [1.29, 1.82) is 0 Å². The van der Waals surface area contributed by atoms with Crippen molar-refractivity contribution >= 4 is 15.9 Å². The van der Waals surface area contributed by atoms with E-state index in [2.05, 4.69) is 0 Å². The second-order valence-corrected chi connectivity index (χ2v) is 8.81. The van der Waals surface area contributed by atoms with Gasteiger partial charge in [0, 0.05) is 26.2 Å². The second-order valence-electron chi connectivity index (χ2n) is 6.92. The first-order valence-electron chi connectivity index (χ1n) is 9.51. The van der Waals surface area contributed by atoms with Gasteiger partial charge in [-0.15, -0.1) is 0 Å². The lowest BCUT2D eigenvalue weighted by Crippen LogP contribution is -2.54. The molecule has 1 unspecified atom stereocenters. The first-order valence-corrected chi connectivity index (χ1v) is 11.0. The number of ether oxygens (including phenoxy) is 1. The average molecular weight is 381 g/mol. The molecule has 144 valence electrons. The first-order chi connectivity index (χ1) is 12.5. The van der Waals surface area contributed by atoms with E-state index in [1.54, 1.807) is 30.3 Å². The zero-order valence-corrected chi connectivity index (χ0v) is 16.2. The Morgan fingerprint density at radius 2 is 1.77 bits per heavy atom. The van der Waals surface area contributed by atoms with Crippen LogP contribution >= 0.6 is 0 Å². The minimum atomic E-state index is -3.65. The molecule has 2 fully saturated rings. The predicted octanol–water partition coefficient (Wildman–Crippen LogP) is 2.26. The summed E-state index contributed by atoms with van der Waals surface area (Å²) in [6.45, 7) is 4.34. The molecule has 1 aromatic carbocycles. The van der Waals surface area contributed by atoms with Gasteiger partial charge >= 0.3 is 0 Å². The fourth-order valence-corrected chi connectivity index (χ4v) is 5.53. The van der Waals surface area contributed by atoms with Crippen molar-refractivity contribution in [2.24, 2.45) is 0 Å². The molecule has 0 bridgehead atoms. The largest absolute Gasteiger partial charge is 0.378 e. The molecule has 0 aromatic heterocycles. The van der Waals surface area contributed by atoms with Gasteiger partial charge < -0.3 is 9.64 Å². The van der Waals surface area contributed by atoms with Gasteiger partial charge in [0.2, 0.25) is 15.9 Å². The highest BCUT2D eigenvalue weighted by Gasteiger charge is 2.40. The molecule has 1 aromatic rings. The number of piperidine rings is 2. The topological polar surface area (TPSA) is 66.9 Å². The molecule has 26 heavy (non-hydrogen) atoms. The van der Waals surface area contributed by atoms with Crippen LogP contribution in [-0.2, 0) is 19.6 Å². The Bertz CT molecular complexity index is 700. The van der Waals surface area contributed by atoms with E-state index in [9.17, 15) is 13.2 Å². The summed E-state index contributed by atoms with van der Waals surface area (Å²) in [4.78, 5) is 15.2. The van der Waals surface area contributed by atoms with Crippen LogP contribution in [0.5, 0.6) is 0 Å². The van der Waals surface area contributed by atoms with Crippen molar-refractivity contribution in [2.45, 2.75) is 56.1 Å². The highest BCUT2D eigenvalue weighted by Crippen LogP contribution is 2.27. The van der Waals surface area contributed by atoms with Crippen LogP contribution in [0.15, 0.2) is 35.2 Å². The van der Waals surface area contributed by atoms with E-state index in [4.69, 9.17) is 4.74 Å². The van der Waals surface area contributed by atoms with E-state index in [-0.39, 0.29) is 16.9 Å². The summed E-state index contributed by atoms with van der Waals surface area (Å²) in [5.74, 6) is -0.0563. The minimum absolute atomic E-state index is 0.0563. The van der Waals surface area contributed by atoms with Gasteiger partial charge in [-0.2, -0.15) is 4.31 Å².